The molecule has 4 heterocycles. The molecule has 4 nitrogen and oxygen atoms in total. The molecule has 6 aliphatic rings. The van der Waals surface area contributed by atoms with E-state index in [9.17, 15) is 0 Å². The highest BCUT2D eigenvalue weighted by Gasteiger charge is 2.49. The highest BCUT2D eigenvalue weighted by Crippen LogP contribution is 2.46. The van der Waals surface area contributed by atoms with Gasteiger partial charge in [-0.05, 0) is 107 Å². The Labute approximate surface area is 177 Å². The number of hydrogen-bond acceptors (Lipinski definition) is 4. The number of morpholine rings is 1. The van der Waals surface area contributed by atoms with Gasteiger partial charge in [-0.25, -0.2) is 0 Å². The second-order valence-electron chi connectivity index (χ2n) is 12.0. The Balaban J connectivity index is 1.05. The number of piperidine rings is 2. The largest absolute Gasteiger partial charge is 0.378 e. The molecule has 8 unspecified atom stereocenters. The lowest BCUT2D eigenvalue weighted by molar-refractivity contribution is 0.0270. The minimum Gasteiger partial charge on any atom is -0.378 e. The summed E-state index contributed by atoms with van der Waals surface area (Å²) < 4.78 is 5.98. The van der Waals surface area contributed by atoms with Crippen LogP contribution in [0.4, 0.5) is 0 Å². The molecule has 4 heteroatoms. The fourth-order valence-electron chi connectivity index (χ4n) is 8.19. The van der Waals surface area contributed by atoms with Crippen LogP contribution in [0, 0.1) is 29.6 Å². The summed E-state index contributed by atoms with van der Waals surface area (Å²) in [5.41, 5.74) is 0.384. The van der Waals surface area contributed by atoms with Gasteiger partial charge in [0.05, 0.1) is 13.2 Å². The first kappa shape index (κ1) is 19.5. The van der Waals surface area contributed by atoms with Gasteiger partial charge in [-0.15, -0.1) is 0 Å². The molecule has 0 aromatic rings. The highest BCUT2D eigenvalue weighted by atomic mass is 16.5. The monoisotopic (exact) mass is 401 g/mol. The molecule has 0 bridgehead atoms. The van der Waals surface area contributed by atoms with Gasteiger partial charge < -0.3 is 20.3 Å². The predicted molar refractivity (Wildman–Crippen MR) is 117 cm³/mol. The lowest BCUT2D eigenvalue weighted by Crippen LogP contribution is -2.53. The lowest BCUT2D eigenvalue weighted by Gasteiger charge is -2.40. The summed E-state index contributed by atoms with van der Waals surface area (Å²) in [4.78, 5) is 2.85. The molecule has 8 atom stereocenters. The minimum atomic E-state index is 0.384. The van der Waals surface area contributed by atoms with E-state index >= 15 is 0 Å². The molecule has 0 aromatic heterocycles. The van der Waals surface area contributed by atoms with E-state index in [-0.39, 0.29) is 0 Å². The van der Waals surface area contributed by atoms with Crippen LogP contribution < -0.4 is 10.6 Å². The molecule has 2 saturated carbocycles. The third-order valence-electron chi connectivity index (χ3n) is 9.82. The van der Waals surface area contributed by atoms with E-state index in [1.807, 2.05) is 0 Å². The maximum absolute atomic E-state index is 5.98. The molecule has 0 amide bonds. The van der Waals surface area contributed by atoms with E-state index in [1.54, 1.807) is 0 Å². The van der Waals surface area contributed by atoms with Crippen LogP contribution >= 0.6 is 0 Å². The van der Waals surface area contributed by atoms with Crippen LogP contribution in [0.25, 0.3) is 0 Å². The molecule has 29 heavy (non-hydrogen) atoms. The molecule has 2 N–H and O–H groups in total. The third-order valence-corrected chi connectivity index (χ3v) is 9.82. The molecular formula is C25H43N3O. The van der Waals surface area contributed by atoms with Crippen molar-refractivity contribution in [2.24, 2.45) is 29.6 Å². The number of nitrogens with zero attached hydrogens (tertiary/aromatic N) is 1. The molecule has 6 fully saturated rings. The summed E-state index contributed by atoms with van der Waals surface area (Å²) in [6.45, 7) is 8.42. The van der Waals surface area contributed by atoms with Crippen molar-refractivity contribution in [3.63, 3.8) is 0 Å². The Morgan fingerprint density at radius 1 is 1.03 bits per heavy atom. The number of fused-ring (bicyclic) bond motifs is 2. The van der Waals surface area contributed by atoms with Crippen molar-refractivity contribution in [3.05, 3.63) is 0 Å². The van der Waals surface area contributed by atoms with E-state index in [4.69, 9.17) is 4.74 Å². The van der Waals surface area contributed by atoms with E-state index in [0.29, 0.717) is 11.6 Å². The Hall–Kier alpha value is -0.160. The Bertz CT molecular complexity index is 593. The fraction of sp³-hybridized carbons (Fsp3) is 1.00. The van der Waals surface area contributed by atoms with Gasteiger partial charge in [0.15, 0.2) is 0 Å². The predicted octanol–water partition coefficient (Wildman–Crippen LogP) is 3.41. The van der Waals surface area contributed by atoms with Crippen LogP contribution in [0.15, 0.2) is 0 Å². The molecule has 1 spiro atoms. The molecular weight excluding hydrogens is 358 g/mol. The van der Waals surface area contributed by atoms with Crippen molar-refractivity contribution in [2.45, 2.75) is 94.8 Å². The number of nitrogens with one attached hydrogen (secondary N) is 2. The maximum Gasteiger partial charge on any atom is 0.0649 e. The lowest BCUT2D eigenvalue weighted by atomic mass is 9.75. The van der Waals surface area contributed by atoms with Gasteiger partial charge in [-0.1, -0.05) is 6.92 Å². The average Bonchev–Trinajstić information content (AvgIpc) is 3.14. The molecule has 4 aliphatic heterocycles. The fourth-order valence-corrected chi connectivity index (χ4v) is 8.19. The zero-order valence-electron chi connectivity index (χ0n) is 18.6. The van der Waals surface area contributed by atoms with Crippen molar-refractivity contribution in [1.29, 1.82) is 0 Å². The first-order valence-corrected chi connectivity index (χ1v) is 13.0. The van der Waals surface area contributed by atoms with Gasteiger partial charge in [0, 0.05) is 30.2 Å². The van der Waals surface area contributed by atoms with Crippen LogP contribution in [0.2, 0.25) is 0 Å². The van der Waals surface area contributed by atoms with Crippen molar-refractivity contribution in [1.82, 2.24) is 15.5 Å². The molecule has 0 radical (unpaired) electrons. The Morgan fingerprint density at radius 2 is 1.97 bits per heavy atom. The number of ether oxygens (including phenoxy) is 1. The molecule has 0 aromatic carbocycles. The van der Waals surface area contributed by atoms with Crippen LogP contribution in [-0.2, 0) is 4.74 Å². The van der Waals surface area contributed by atoms with Gasteiger partial charge in [-0.2, -0.15) is 0 Å². The molecule has 164 valence electrons. The van der Waals surface area contributed by atoms with E-state index < -0.39 is 0 Å². The van der Waals surface area contributed by atoms with Crippen LogP contribution in [-0.4, -0.2) is 61.4 Å². The SMILES string of the molecule is CC1CCN2CC(CC3CCNC4C(CC5COCC6(CC6)N5)CCC34)CC2C1. The number of hydrogen-bond donors (Lipinski definition) is 2. The standard InChI is InChI=1S/C25H43N3O/c1-17-5-9-28-14-18(12-22(28)10-17)11-19-4-8-26-24-20(2-3-23(19)24)13-21-15-29-16-25(27-21)6-7-25/h17-24,26-27H,2-16H2,1H3. The normalized spacial score (nSPS) is 49.1. The average molecular weight is 402 g/mol. The van der Waals surface area contributed by atoms with E-state index in [1.165, 1.54) is 83.8 Å². The molecule has 4 saturated heterocycles. The van der Waals surface area contributed by atoms with Crippen molar-refractivity contribution in [3.8, 4) is 0 Å². The van der Waals surface area contributed by atoms with E-state index in [0.717, 1.165) is 54.9 Å². The van der Waals surface area contributed by atoms with Gasteiger partial charge in [-0.3, -0.25) is 0 Å². The highest BCUT2D eigenvalue weighted by molar-refractivity contribution is 5.07. The maximum atomic E-state index is 5.98. The van der Waals surface area contributed by atoms with Gasteiger partial charge in [0.25, 0.3) is 0 Å². The van der Waals surface area contributed by atoms with Crippen molar-refractivity contribution >= 4 is 0 Å². The minimum absolute atomic E-state index is 0.384. The Morgan fingerprint density at radius 3 is 2.86 bits per heavy atom. The zero-order chi connectivity index (χ0) is 19.4. The topological polar surface area (TPSA) is 36.5 Å². The van der Waals surface area contributed by atoms with Crippen LogP contribution in [0.3, 0.4) is 0 Å². The smallest absolute Gasteiger partial charge is 0.0649 e. The van der Waals surface area contributed by atoms with E-state index in [2.05, 4.69) is 22.5 Å². The zero-order valence-corrected chi connectivity index (χ0v) is 18.6. The number of rotatable bonds is 4. The first-order valence-electron chi connectivity index (χ1n) is 13.0. The summed E-state index contributed by atoms with van der Waals surface area (Å²) in [5.74, 6) is 4.75. The quantitative estimate of drug-likeness (QED) is 0.757. The van der Waals surface area contributed by atoms with Gasteiger partial charge in [0.1, 0.15) is 0 Å². The Kier molecular flexibility index (Phi) is 5.22. The third kappa shape index (κ3) is 3.92. The molecule has 2 aliphatic carbocycles. The second-order valence-corrected chi connectivity index (χ2v) is 12.0. The molecule has 6 rings (SSSR count). The van der Waals surface area contributed by atoms with Crippen molar-refractivity contribution in [2.75, 3.05) is 32.8 Å². The summed E-state index contributed by atoms with van der Waals surface area (Å²) >= 11 is 0. The van der Waals surface area contributed by atoms with Crippen molar-refractivity contribution < 1.29 is 4.74 Å². The van der Waals surface area contributed by atoms with Crippen LogP contribution in [0.1, 0.15) is 71.1 Å². The summed E-state index contributed by atoms with van der Waals surface area (Å²) in [6, 6.07) is 2.31. The van der Waals surface area contributed by atoms with Gasteiger partial charge >= 0.3 is 0 Å². The summed E-state index contributed by atoms with van der Waals surface area (Å²) in [6.07, 6.45) is 14.3. The summed E-state index contributed by atoms with van der Waals surface area (Å²) in [5, 5.41) is 7.96. The van der Waals surface area contributed by atoms with Crippen LogP contribution in [0.5, 0.6) is 0 Å². The second kappa shape index (κ2) is 7.76. The van der Waals surface area contributed by atoms with Gasteiger partial charge in [0.2, 0.25) is 0 Å². The first-order chi connectivity index (χ1) is 14.2. The summed E-state index contributed by atoms with van der Waals surface area (Å²) in [7, 11) is 0.